The number of imide groups is 1. The van der Waals surface area contributed by atoms with Gasteiger partial charge in [0.1, 0.15) is 0 Å². The monoisotopic (exact) mass is 374 g/mol. The number of carbonyl (C=O) groups is 2. The molecule has 6 heteroatoms. The number of amides is 3. The molecule has 2 unspecified atom stereocenters. The molecule has 2 fully saturated rings. The number of nitriles is 1. The first-order valence-corrected chi connectivity index (χ1v) is 9.55. The number of hydrogen-bond donors (Lipinski definition) is 1. The molecule has 0 saturated carbocycles. The van der Waals surface area contributed by atoms with E-state index in [4.69, 9.17) is 5.26 Å². The molecule has 1 N–H and O–H groups in total. The Morgan fingerprint density at radius 1 is 1.00 bits per heavy atom. The summed E-state index contributed by atoms with van der Waals surface area (Å²) in [7, 11) is 0. The lowest BCUT2D eigenvalue weighted by Gasteiger charge is -2.47. The molecule has 0 aliphatic carbocycles. The number of benzene rings is 2. The van der Waals surface area contributed by atoms with Crippen molar-refractivity contribution >= 4 is 11.9 Å². The molecule has 142 valence electrons. The van der Waals surface area contributed by atoms with Gasteiger partial charge >= 0.3 is 6.03 Å². The van der Waals surface area contributed by atoms with Gasteiger partial charge in [0.15, 0.2) is 0 Å². The van der Waals surface area contributed by atoms with Gasteiger partial charge in [0.25, 0.3) is 0 Å². The topological polar surface area (TPSA) is 76.4 Å². The summed E-state index contributed by atoms with van der Waals surface area (Å²) in [5.41, 5.74) is 2.46. The molecule has 28 heavy (non-hydrogen) atoms. The fourth-order valence-electron chi connectivity index (χ4n) is 3.99. The molecule has 2 heterocycles. The molecule has 2 aromatic rings. The maximum atomic E-state index is 13.3. The lowest BCUT2D eigenvalue weighted by Crippen LogP contribution is -2.66. The van der Waals surface area contributed by atoms with Gasteiger partial charge < -0.3 is 4.90 Å². The maximum Gasteiger partial charge on any atom is 0.328 e. The summed E-state index contributed by atoms with van der Waals surface area (Å²) in [5, 5.41) is 12.3. The van der Waals surface area contributed by atoms with Crippen LogP contribution in [-0.2, 0) is 17.9 Å². The minimum absolute atomic E-state index is 0.0952. The van der Waals surface area contributed by atoms with Gasteiger partial charge in [-0.15, -0.1) is 0 Å². The number of fused-ring (bicyclic) bond motifs is 1. The Kier molecular flexibility index (Phi) is 5.09. The fraction of sp³-hybridized carbons (Fsp3) is 0.318. The Morgan fingerprint density at radius 3 is 2.43 bits per heavy atom. The Labute approximate surface area is 164 Å². The van der Waals surface area contributed by atoms with Crippen LogP contribution < -0.4 is 5.32 Å². The Bertz CT molecular complexity index is 904. The van der Waals surface area contributed by atoms with E-state index in [-0.39, 0.29) is 30.6 Å². The fourth-order valence-corrected chi connectivity index (χ4v) is 3.99. The van der Waals surface area contributed by atoms with E-state index in [0.29, 0.717) is 12.1 Å². The normalized spacial score (nSPS) is 22.0. The lowest BCUT2D eigenvalue weighted by atomic mass is 9.91. The summed E-state index contributed by atoms with van der Waals surface area (Å²) in [6, 6.07) is 18.7. The maximum absolute atomic E-state index is 13.3. The molecule has 0 aromatic heterocycles. The first-order valence-electron chi connectivity index (χ1n) is 9.55. The van der Waals surface area contributed by atoms with Crippen LogP contribution in [0.4, 0.5) is 4.79 Å². The van der Waals surface area contributed by atoms with E-state index >= 15 is 0 Å². The first kappa shape index (κ1) is 18.2. The van der Waals surface area contributed by atoms with E-state index in [1.54, 1.807) is 17.0 Å². The predicted molar refractivity (Wildman–Crippen MR) is 104 cm³/mol. The van der Waals surface area contributed by atoms with Crippen molar-refractivity contribution in [2.75, 3.05) is 6.54 Å². The predicted octanol–water partition coefficient (Wildman–Crippen LogP) is 2.85. The molecule has 2 aliphatic heterocycles. The summed E-state index contributed by atoms with van der Waals surface area (Å²) in [4.78, 5) is 29.5. The van der Waals surface area contributed by atoms with Crippen molar-refractivity contribution < 1.29 is 9.59 Å². The van der Waals surface area contributed by atoms with Crippen molar-refractivity contribution in [3.05, 3.63) is 71.3 Å². The molecular formula is C22H22N4O2. The number of piperidine rings is 1. The third-order valence-corrected chi connectivity index (χ3v) is 5.44. The van der Waals surface area contributed by atoms with Crippen molar-refractivity contribution in [3.63, 3.8) is 0 Å². The standard InChI is InChI=1S/C22H22N4O2/c23-13-16-8-10-18(11-9-16)14-25-20-19(7-4-12-24-20)21(27)26(22(25)28)15-17-5-2-1-3-6-17/h1-3,5-6,8-11,19-20,24H,4,7,12,14-15H2. The summed E-state index contributed by atoms with van der Waals surface area (Å²) in [5.74, 6) is -0.323. The minimum Gasteiger partial charge on any atom is -0.304 e. The van der Waals surface area contributed by atoms with Gasteiger partial charge in [0.05, 0.1) is 30.3 Å². The van der Waals surface area contributed by atoms with Crippen LogP contribution in [0.3, 0.4) is 0 Å². The Hall–Kier alpha value is -3.17. The molecule has 2 aliphatic rings. The van der Waals surface area contributed by atoms with Crippen LogP contribution in [0.5, 0.6) is 0 Å². The van der Waals surface area contributed by atoms with Gasteiger partial charge in [-0.3, -0.25) is 15.0 Å². The minimum atomic E-state index is -0.281. The zero-order chi connectivity index (χ0) is 19.5. The second-order valence-corrected chi connectivity index (χ2v) is 7.28. The van der Waals surface area contributed by atoms with Crippen LogP contribution >= 0.6 is 0 Å². The van der Waals surface area contributed by atoms with Crippen LogP contribution in [0.1, 0.15) is 29.5 Å². The average molecular weight is 374 g/mol. The van der Waals surface area contributed by atoms with E-state index in [1.165, 1.54) is 4.90 Å². The molecular weight excluding hydrogens is 352 g/mol. The molecule has 2 atom stereocenters. The van der Waals surface area contributed by atoms with E-state index in [9.17, 15) is 9.59 Å². The van der Waals surface area contributed by atoms with E-state index in [0.717, 1.165) is 30.5 Å². The van der Waals surface area contributed by atoms with Crippen LogP contribution in [0.15, 0.2) is 54.6 Å². The molecule has 3 amide bonds. The highest BCUT2D eigenvalue weighted by Gasteiger charge is 2.46. The van der Waals surface area contributed by atoms with Crippen molar-refractivity contribution in [1.29, 1.82) is 5.26 Å². The van der Waals surface area contributed by atoms with Crippen LogP contribution in [0, 0.1) is 17.2 Å². The van der Waals surface area contributed by atoms with Crippen molar-refractivity contribution in [2.24, 2.45) is 5.92 Å². The van der Waals surface area contributed by atoms with Gasteiger partial charge in [-0.2, -0.15) is 5.26 Å². The molecule has 0 radical (unpaired) electrons. The highest BCUT2D eigenvalue weighted by Crippen LogP contribution is 2.30. The largest absolute Gasteiger partial charge is 0.328 e. The van der Waals surface area contributed by atoms with Gasteiger partial charge in [-0.25, -0.2) is 4.79 Å². The number of rotatable bonds is 4. The van der Waals surface area contributed by atoms with Crippen molar-refractivity contribution in [2.45, 2.75) is 32.1 Å². The smallest absolute Gasteiger partial charge is 0.304 e. The number of urea groups is 1. The Balaban J connectivity index is 1.61. The first-order chi connectivity index (χ1) is 13.7. The van der Waals surface area contributed by atoms with Gasteiger partial charge in [-0.05, 0) is 42.6 Å². The summed E-state index contributed by atoms with van der Waals surface area (Å²) in [6.07, 6.45) is 1.42. The summed E-state index contributed by atoms with van der Waals surface area (Å²) in [6.45, 7) is 1.48. The van der Waals surface area contributed by atoms with Gasteiger partial charge in [0, 0.05) is 6.54 Å². The zero-order valence-electron chi connectivity index (χ0n) is 15.5. The van der Waals surface area contributed by atoms with E-state index < -0.39 is 0 Å². The third-order valence-electron chi connectivity index (χ3n) is 5.44. The second-order valence-electron chi connectivity index (χ2n) is 7.28. The Morgan fingerprint density at radius 2 is 1.71 bits per heavy atom. The molecule has 0 spiro atoms. The van der Waals surface area contributed by atoms with E-state index in [1.807, 2.05) is 42.5 Å². The van der Waals surface area contributed by atoms with Crippen LogP contribution in [0.2, 0.25) is 0 Å². The van der Waals surface area contributed by atoms with Crippen molar-refractivity contribution in [3.8, 4) is 6.07 Å². The second kappa shape index (κ2) is 7.83. The highest BCUT2D eigenvalue weighted by atomic mass is 16.2. The van der Waals surface area contributed by atoms with Gasteiger partial charge in [0.2, 0.25) is 5.91 Å². The average Bonchev–Trinajstić information content (AvgIpc) is 2.75. The molecule has 2 saturated heterocycles. The van der Waals surface area contributed by atoms with Crippen LogP contribution in [-0.4, -0.2) is 34.4 Å². The summed E-state index contributed by atoms with van der Waals surface area (Å²) < 4.78 is 0. The number of nitrogens with one attached hydrogen (secondary N) is 1. The summed E-state index contributed by atoms with van der Waals surface area (Å²) >= 11 is 0. The molecule has 4 rings (SSSR count). The van der Waals surface area contributed by atoms with Crippen LogP contribution in [0.25, 0.3) is 0 Å². The number of carbonyl (C=O) groups excluding carboxylic acids is 2. The lowest BCUT2D eigenvalue weighted by molar-refractivity contribution is -0.142. The third kappa shape index (κ3) is 3.49. The van der Waals surface area contributed by atoms with E-state index in [2.05, 4.69) is 11.4 Å². The quantitative estimate of drug-likeness (QED) is 0.893. The molecule has 0 bridgehead atoms. The number of nitrogens with zero attached hydrogens (tertiary/aromatic N) is 3. The molecule has 6 nitrogen and oxygen atoms in total. The highest BCUT2D eigenvalue weighted by molar-refractivity contribution is 5.98. The zero-order valence-corrected chi connectivity index (χ0v) is 15.5. The number of hydrogen-bond acceptors (Lipinski definition) is 4. The SMILES string of the molecule is N#Cc1ccc(CN2C(=O)N(Cc3ccccc3)C(=O)C3CCCNC32)cc1. The van der Waals surface area contributed by atoms with Crippen molar-refractivity contribution in [1.82, 2.24) is 15.1 Å². The van der Waals surface area contributed by atoms with Gasteiger partial charge in [-0.1, -0.05) is 42.5 Å². The molecule has 2 aromatic carbocycles.